The first kappa shape index (κ1) is 11.9. The van der Waals surface area contributed by atoms with Crippen molar-refractivity contribution in [2.45, 2.75) is 26.8 Å². The van der Waals surface area contributed by atoms with E-state index in [2.05, 4.69) is 13.8 Å². The summed E-state index contributed by atoms with van der Waals surface area (Å²) in [5.74, 6) is 1.47. The van der Waals surface area contributed by atoms with Crippen LogP contribution in [0.5, 0.6) is 11.5 Å². The molecule has 0 saturated heterocycles. The fourth-order valence-corrected chi connectivity index (χ4v) is 1.25. The van der Waals surface area contributed by atoms with Crippen molar-refractivity contribution in [3.8, 4) is 11.5 Å². The highest BCUT2D eigenvalue weighted by atomic mass is 16.5. The van der Waals surface area contributed by atoms with Crippen LogP contribution in [0.1, 0.15) is 32.4 Å². The number of phenols is 1. The van der Waals surface area contributed by atoms with E-state index in [9.17, 15) is 5.11 Å². The van der Waals surface area contributed by atoms with Gasteiger partial charge in [0, 0.05) is 11.6 Å². The lowest BCUT2D eigenvalue weighted by atomic mass is 10.1. The van der Waals surface area contributed by atoms with Crippen molar-refractivity contribution in [3.05, 3.63) is 23.8 Å². The second-order valence-corrected chi connectivity index (χ2v) is 4.21. The molecule has 0 saturated carbocycles. The third-order valence-electron chi connectivity index (χ3n) is 2.07. The Hall–Kier alpha value is -1.22. The van der Waals surface area contributed by atoms with Crippen molar-refractivity contribution in [2.75, 3.05) is 6.61 Å². The summed E-state index contributed by atoms with van der Waals surface area (Å²) < 4.78 is 5.55. The number of nitrogens with two attached hydrogens (primary N) is 1. The summed E-state index contributed by atoms with van der Waals surface area (Å²) in [6.07, 6.45) is 0. The highest BCUT2D eigenvalue weighted by Crippen LogP contribution is 2.27. The van der Waals surface area contributed by atoms with Gasteiger partial charge in [-0.25, -0.2) is 0 Å². The number of hydrogen-bond acceptors (Lipinski definition) is 3. The molecule has 0 spiro atoms. The summed E-state index contributed by atoms with van der Waals surface area (Å²) >= 11 is 0. The van der Waals surface area contributed by atoms with Crippen molar-refractivity contribution in [2.24, 2.45) is 11.7 Å². The standard InChI is InChI=1S/C12H19NO2/c1-8(2)7-15-10-4-5-12(14)11(6-10)9(3)13/h4-6,8-9,14H,7,13H2,1-3H3. The molecular formula is C12H19NO2. The molecule has 1 atom stereocenters. The van der Waals surface area contributed by atoms with Gasteiger partial charge in [0.1, 0.15) is 11.5 Å². The Balaban J connectivity index is 2.78. The van der Waals surface area contributed by atoms with E-state index in [0.717, 1.165) is 11.3 Å². The number of phenolic OH excluding ortho intramolecular Hbond substituents is 1. The summed E-state index contributed by atoms with van der Waals surface area (Å²) in [6.45, 7) is 6.68. The largest absolute Gasteiger partial charge is 0.508 e. The zero-order valence-corrected chi connectivity index (χ0v) is 9.53. The van der Waals surface area contributed by atoms with Crippen LogP contribution in [0, 0.1) is 5.92 Å². The normalized spacial score (nSPS) is 12.9. The molecule has 15 heavy (non-hydrogen) atoms. The number of benzene rings is 1. The zero-order valence-electron chi connectivity index (χ0n) is 9.53. The molecule has 3 N–H and O–H groups in total. The van der Waals surface area contributed by atoms with Crippen molar-refractivity contribution < 1.29 is 9.84 Å². The van der Waals surface area contributed by atoms with Gasteiger partial charge in [-0.15, -0.1) is 0 Å². The highest BCUT2D eigenvalue weighted by Gasteiger charge is 2.07. The summed E-state index contributed by atoms with van der Waals surface area (Å²) in [7, 11) is 0. The van der Waals surface area contributed by atoms with Crippen LogP contribution in [-0.2, 0) is 0 Å². The van der Waals surface area contributed by atoms with Gasteiger partial charge in [0.25, 0.3) is 0 Å². The lowest BCUT2D eigenvalue weighted by Gasteiger charge is -2.12. The number of ether oxygens (including phenoxy) is 1. The Labute approximate surface area is 90.9 Å². The molecule has 0 aromatic heterocycles. The second kappa shape index (κ2) is 5.03. The quantitative estimate of drug-likeness (QED) is 0.800. The van der Waals surface area contributed by atoms with E-state index >= 15 is 0 Å². The van der Waals surface area contributed by atoms with E-state index in [0.29, 0.717) is 12.5 Å². The molecular weight excluding hydrogens is 190 g/mol. The lowest BCUT2D eigenvalue weighted by Crippen LogP contribution is -2.07. The molecule has 0 aliphatic carbocycles. The average molecular weight is 209 g/mol. The van der Waals surface area contributed by atoms with Gasteiger partial charge in [0.2, 0.25) is 0 Å². The van der Waals surface area contributed by atoms with Crippen LogP contribution in [0.3, 0.4) is 0 Å². The molecule has 1 aromatic carbocycles. The Morgan fingerprint density at radius 1 is 1.33 bits per heavy atom. The van der Waals surface area contributed by atoms with Crippen LogP contribution in [0.15, 0.2) is 18.2 Å². The molecule has 0 amide bonds. The predicted octanol–water partition coefficient (Wildman–Crippen LogP) is 2.45. The van der Waals surface area contributed by atoms with E-state index in [-0.39, 0.29) is 11.8 Å². The van der Waals surface area contributed by atoms with Crippen molar-refractivity contribution >= 4 is 0 Å². The summed E-state index contributed by atoms with van der Waals surface area (Å²) in [6, 6.07) is 4.98. The summed E-state index contributed by atoms with van der Waals surface area (Å²) in [4.78, 5) is 0. The second-order valence-electron chi connectivity index (χ2n) is 4.21. The van der Waals surface area contributed by atoms with Gasteiger partial charge in [-0.2, -0.15) is 0 Å². The third kappa shape index (κ3) is 3.44. The van der Waals surface area contributed by atoms with Crippen LogP contribution >= 0.6 is 0 Å². The summed E-state index contributed by atoms with van der Waals surface area (Å²) in [5.41, 5.74) is 6.44. The van der Waals surface area contributed by atoms with E-state index in [1.54, 1.807) is 18.2 Å². The van der Waals surface area contributed by atoms with Crippen molar-refractivity contribution in [1.82, 2.24) is 0 Å². The highest BCUT2D eigenvalue weighted by molar-refractivity contribution is 5.40. The first-order valence-electron chi connectivity index (χ1n) is 5.22. The topological polar surface area (TPSA) is 55.5 Å². The number of aromatic hydroxyl groups is 1. The average Bonchev–Trinajstić information content (AvgIpc) is 2.16. The molecule has 0 aliphatic rings. The lowest BCUT2D eigenvalue weighted by molar-refractivity contribution is 0.270. The van der Waals surface area contributed by atoms with E-state index < -0.39 is 0 Å². The fourth-order valence-electron chi connectivity index (χ4n) is 1.25. The molecule has 1 aromatic rings. The zero-order chi connectivity index (χ0) is 11.4. The molecule has 0 fully saturated rings. The van der Waals surface area contributed by atoms with Crippen LogP contribution in [0.4, 0.5) is 0 Å². The van der Waals surface area contributed by atoms with Crippen LogP contribution in [-0.4, -0.2) is 11.7 Å². The molecule has 3 heteroatoms. The maximum Gasteiger partial charge on any atom is 0.120 e. The fraction of sp³-hybridized carbons (Fsp3) is 0.500. The predicted molar refractivity (Wildman–Crippen MR) is 61.0 cm³/mol. The Kier molecular flexibility index (Phi) is 3.97. The van der Waals surface area contributed by atoms with Gasteiger partial charge in [0.15, 0.2) is 0 Å². The maximum absolute atomic E-state index is 9.55. The Morgan fingerprint density at radius 3 is 2.53 bits per heavy atom. The van der Waals surface area contributed by atoms with Crippen molar-refractivity contribution in [3.63, 3.8) is 0 Å². The monoisotopic (exact) mass is 209 g/mol. The third-order valence-corrected chi connectivity index (χ3v) is 2.07. The van der Waals surface area contributed by atoms with Gasteiger partial charge < -0.3 is 15.6 Å². The molecule has 1 unspecified atom stereocenters. The molecule has 0 heterocycles. The van der Waals surface area contributed by atoms with Gasteiger partial charge in [-0.1, -0.05) is 13.8 Å². The Morgan fingerprint density at radius 2 is 2.00 bits per heavy atom. The molecule has 0 aliphatic heterocycles. The van der Waals surface area contributed by atoms with Gasteiger partial charge >= 0.3 is 0 Å². The first-order valence-corrected chi connectivity index (χ1v) is 5.22. The first-order chi connectivity index (χ1) is 7.00. The minimum atomic E-state index is -0.187. The minimum Gasteiger partial charge on any atom is -0.508 e. The SMILES string of the molecule is CC(C)COc1ccc(O)c(C(C)N)c1. The van der Waals surface area contributed by atoms with Crippen molar-refractivity contribution in [1.29, 1.82) is 0 Å². The van der Waals surface area contributed by atoms with Crippen LogP contribution in [0.2, 0.25) is 0 Å². The van der Waals surface area contributed by atoms with E-state index in [1.165, 1.54) is 0 Å². The number of hydrogen-bond donors (Lipinski definition) is 2. The molecule has 84 valence electrons. The van der Waals surface area contributed by atoms with Gasteiger partial charge in [-0.05, 0) is 31.0 Å². The van der Waals surface area contributed by atoms with Crippen LogP contribution < -0.4 is 10.5 Å². The summed E-state index contributed by atoms with van der Waals surface area (Å²) in [5, 5.41) is 9.55. The van der Waals surface area contributed by atoms with Gasteiger partial charge in [0.05, 0.1) is 6.61 Å². The maximum atomic E-state index is 9.55. The van der Waals surface area contributed by atoms with Gasteiger partial charge in [-0.3, -0.25) is 0 Å². The number of rotatable bonds is 4. The van der Waals surface area contributed by atoms with Crippen LogP contribution in [0.25, 0.3) is 0 Å². The van der Waals surface area contributed by atoms with E-state index in [4.69, 9.17) is 10.5 Å². The molecule has 1 rings (SSSR count). The smallest absolute Gasteiger partial charge is 0.120 e. The molecule has 3 nitrogen and oxygen atoms in total. The molecule has 0 radical (unpaired) electrons. The Bertz CT molecular complexity index is 321. The minimum absolute atomic E-state index is 0.187. The molecule has 0 bridgehead atoms. The van der Waals surface area contributed by atoms with E-state index in [1.807, 2.05) is 6.92 Å².